The zero-order chi connectivity index (χ0) is 21.1. The number of piperazine rings is 1. The molecule has 0 atom stereocenters. The lowest BCUT2D eigenvalue weighted by Crippen LogP contribution is -2.50. The average molecular weight is 441 g/mol. The fourth-order valence-electron chi connectivity index (χ4n) is 3.33. The van der Waals surface area contributed by atoms with Crippen LogP contribution in [0.5, 0.6) is 0 Å². The molecule has 1 amide bonds. The van der Waals surface area contributed by atoms with Gasteiger partial charge < -0.3 is 21.1 Å². The lowest BCUT2D eigenvalue weighted by atomic mass is 10.1. The first kappa shape index (κ1) is 21.2. The van der Waals surface area contributed by atoms with E-state index in [1.54, 1.807) is 25.2 Å². The highest BCUT2D eigenvalue weighted by molar-refractivity contribution is 6.43. The molecule has 1 aromatic heterocycles. The molecule has 1 fully saturated rings. The van der Waals surface area contributed by atoms with Crippen LogP contribution in [0, 0.1) is 0 Å². The minimum atomic E-state index is -1.03. The molecule has 0 spiro atoms. The number of nitrogens with zero attached hydrogens (tertiary/aromatic N) is 4. The molecule has 0 radical (unpaired) electrons. The van der Waals surface area contributed by atoms with Gasteiger partial charge in [-0.2, -0.15) is 4.98 Å². The van der Waals surface area contributed by atoms with Gasteiger partial charge in [0.05, 0.1) is 15.6 Å². The first-order chi connectivity index (χ1) is 13.8. The summed E-state index contributed by atoms with van der Waals surface area (Å²) in [5, 5.41) is 11.6. The standard InChI is InChI=1S/C18H22Cl2N6O3/c1-24-16(27)13(11-3-2-4-12(19)14(11)20)15(21)23-17(24)26-9-7-25(8-10-26)6-5-22-18(28)29/h2-4,22H,5-10,21H2,1H3,(H,28,29). The number of hydrogen-bond acceptors (Lipinski definition) is 6. The van der Waals surface area contributed by atoms with E-state index in [2.05, 4.69) is 15.2 Å². The van der Waals surface area contributed by atoms with Crippen LogP contribution in [0.25, 0.3) is 11.1 Å². The lowest BCUT2D eigenvalue weighted by Gasteiger charge is -2.35. The second-order valence-electron chi connectivity index (χ2n) is 6.70. The number of anilines is 2. The molecule has 2 aromatic rings. The largest absolute Gasteiger partial charge is 0.465 e. The summed E-state index contributed by atoms with van der Waals surface area (Å²) < 4.78 is 1.46. The zero-order valence-corrected chi connectivity index (χ0v) is 17.4. The van der Waals surface area contributed by atoms with Crippen molar-refractivity contribution in [2.24, 2.45) is 7.05 Å². The number of nitrogens with two attached hydrogens (primary N) is 1. The Morgan fingerprint density at radius 2 is 1.97 bits per heavy atom. The van der Waals surface area contributed by atoms with Gasteiger partial charge in [0.15, 0.2) is 0 Å². The highest BCUT2D eigenvalue weighted by atomic mass is 35.5. The fourth-order valence-corrected chi connectivity index (χ4v) is 3.73. The van der Waals surface area contributed by atoms with E-state index in [-0.39, 0.29) is 22.0 Å². The van der Waals surface area contributed by atoms with Crippen LogP contribution >= 0.6 is 23.2 Å². The Morgan fingerprint density at radius 1 is 1.28 bits per heavy atom. The van der Waals surface area contributed by atoms with E-state index in [0.717, 1.165) is 13.1 Å². The van der Waals surface area contributed by atoms with Crippen molar-refractivity contribution in [2.45, 2.75) is 0 Å². The second-order valence-corrected chi connectivity index (χ2v) is 7.48. The van der Waals surface area contributed by atoms with Crippen LogP contribution < -0.4 is 21.5 Å². The van der Waals surface area contributed by atoms with Crippen molar-refractivity contribution in [1.29, 1.82) is 0 Å². The molecule has 1 aromatic carbocycles. The molecule has 4 N–H and O–H groups in total. The van der Waals surface area contributed by atoms with Crippen LogP contribution in [0.2, 0.25) is 10.0 Å². The Kier molecular flexibility index (Phi) is 6.51. The van der Waals surface area contributed by atoms with Crippen molar-refractivity contribution in [3.05, 3.63) is 38.6 Å². The van der Waals surface area contributed by atoms with Crippen LogP contribution in [-0.2, 0) is 7.05 Å². The van der Waals surface area contributed by atoms with Crippen molar-refractivity contribution in [1.82, 2.24) is 19.8 Å². The van der Waals surface area contributed by atoms with Gasteiger partial charge in [-0.05, 0) is 6.07 Å². The molecular weight excluding hydrogens is 419 g/mol. The number of nitrogen functional groups attached to an aromatic ring is 1. The third kappa shape index (κ3) is 4.58. The van der Waals surface area contributed by atoms with Gasteiger partial charge in [-0.3, -0.25) is 14.3 Å². The van der Waals surface area contributed by atoms with E-state index >= 15 is 0 Å². The Labute approximate surface area is 177 Å². The monoisotopic (exact) mass is 440 g/mol. The van der Waals surface area contributed by atoms with Crippen LogP contribution in [-0.4, -0.2) is 64.9 Å². The maximum Gasteiger partial charge on any atom is 0.404 e. The van der Waals surface area contributed by atoms with Crippen LogP contribution in [0.15, 0.2) is 23.0 Å². The molecule has 1 aliphatic rings. The number of hydrogen-bond donors (Lipinski definition) is 3. The predicted octanol–water partition coefficient (Wildman–Crippen LogP) is 1.73. The molecule has 0 aliphatic carbocycles. The van der Waals surface area contributed by atoms with E-state index in [0.29, 0.717) is 42.7 Å². The quantitative estimate of drug-likeness (QED) is 0.647. The smallest absolute Gasteiger partial charge is 0.404 e. The van der Waals surface area contributed by atoms with Crippen molar-refractivity contribution in [3.63, 3.8) is 0 Å². The second kappa shape index (κ2) is 8.89. The molecule has 1 aliphatic heterocycles. The number of benzene rings is 1. The summed E-state index contributed by atoms with van der Waals surface area (Å²) in [5.74, 6) is 0.582. The molecule has 0 unspecified atom stereocenters. The van der Waals surface area contributed by atoms with Gasteiger partial charge in [0, 0.05) is 51.9 Å². The first-order valence-electron chi connectivity index (χ1n) is 9.04. The van der Waals surface area contributed by atoms with Gasteiger partial charge in [0.1, 0.15) is 5.82 Å². The summed E-state index contributed by atoms with van der Waals surface area (Å²) >= 11 is 12.3. The minimum Gasteiger partial charge on any atom is -0.465 e. The molecule has 9 nitrogen and oxygen atoms in total. The molecule has 29 heavy (non-hydrogen) atoms. The van der Waals surface area contributed by atoms with E-state index in [1.807, 2.05) is 4.90 Å². The van der Waals surface area contributed by atoms with Crippen LogP contribution in [0.4, 0.5) is 16.6 Å². The summed E-state index contributed by atoms with van der Waals surface area (Å²) in [6.45, 7) is 3.72. The number of halogens is 2. The zero-order valence-electron chi connectivity index (χ0n) is 15.9. The maximum atomic E-state index is 13.0. The van der Waals surface area contributed by atoms with Crippen LogP contribution in [0.3, 0.4) is 0 Å². The molecule has 156 valence electrons. The van der Waals surface area contributed by atoms with Crippen molar-refractivity contribution in [3.8, 4) is 11.1 Å². The number of nitrogens with one attached hydrogen (secondary N) is 1. The normalized spacial score (nSPS) is 14.8. The van der Waals surface area contributed by atoms with Crippen LogP contribution in [0.1, 0.15) is 0 Å². The Hall–Kier alpha value is -2.49. The molecule has 3 rings (SSSR count). The SMILES string of the molecule is Cn1c(N2CCN(CCNC(=O)O)CC2)nc(N)c(-c2cccc(Cl)c2Cl)c1=O. The number of aromatic nitrogens is 2. The molecular formula is C18H22Cl2N6O3. The molecule has 2 heterocycles. The summed E-state index contributed by atoms with van der Waals surface area (Å²) in [6, 6.07) is 5.03. The average Bonchev–Trinajstić information content (AvgIpc) is 2.68. The predicted molar refractivity (Wildman–Crippen MR) is 114 cm³/mol. The minimum absolute atomic E-state index is 0.0976. The van der Waals surface area contributed by atoms with Crippen molar-refractivity contribution < 1.29 is 9.90 Å². The number of amides is 1. The van der Waals surface area contributed by atoms with E-state index in [4.69, 9.17) is 34.0 Å². The van der Waals surface area contributed by atoms with Crippen molar-refractivity contribution in [2.75, 3.05) is 49.9 Å². The topological polar surface area (TPSA) is 117 Å². The Morgan fingerprint density at radius 3 is 2.62 bits per heavy atom. The summed E-state index contributed by atoms with van der Waals surface area (Å²) in [6.07, 6.45) is -1.03. The molecule has 0 saturated carbocycles. The molecule has 0 bridgehead atoms. The highest BCUT2D eigenvalue weighted by Crippen LogP contribution is 2.34. The van der Waals surface area contributed by atoms with Gasteiger partial charge in [0.25, 0.3) is 5.56 Å². The van der Waals surface area contributed by atoms with E-state index < -0.39 is 6.09 Å². The fraction of sp³-hybridized carbons (Fsp3) is 0.389. The summed E-state index contributed by atoms with van der Waals surface area (Å²) in [7, 11) is 1.65. The summed E-state index contributed by atoms with van der Waals surface area (Å²) in [5.41, 5.74) is 6.52. The Balaban J connectivity index is 1.80. The van der Waals surface area contributed by atoms with Gasteiger partial charge in [-0.25, -0.2) is 4.79 Å². The van der Waals surface area contributed by atoms with Gasteiger partial charge in [0.2, 0.25) is 5.95 Å². The third-order valence-electron chi connectivity index (χ3n) is 4.88. The third-order valence-corrected chi connectivity index (χ3v) is 5.69. The number of rotatable bonds is 5. The summed E-state index contributed by atoms with van der Waals surface area (Å²) in [4.78, 5) is 32.2. The van der Waals surface area contributed by atoms with Gasteiger partial charge in [-0.15, -0.1) is 0 Å². The number of carboxylic acid groups (broad SMARTS) is 1. The lowest BCUT2D eigenvalue weighted by molar-refractivity contribution is 0.190. The number of carbonyl (C=O) groups is 1. The van der Waals surface area contributed by atoms with Gasteiger partial charge in [-0.1, -0.05) is 35.3 Å². The highest BCUT2D eigenvalue weighted by Gasteiger charge is 2.23. The first-order valence-corrected chi connectivity index (χ1v) is 9.80. The maximum absolute atomic E-state index is 13.0. The van der Waals surface area contributed by atoms with Gasteiger partial charge >= 0.3 is 6.09 Å². The molecule has 1 saturated heterocycles. The molecule has 11 heteroatoms. The van der Waals surface area contributed by atoms with E-state index in [9.17, 15) is 9.59 Å². The Bertz CT molecular complexity index is 973. The van der Waals surface area contributed by atoms with E-state index in [1.165, 1.54) is 4.57 Å². The van der Waals surface area contributed by atoms with Crippen molar-refractivity contribution >= 4 is 41.1 Å².